The maximum Gasteiger partial charge on any atom is 0.373 e. The first-order valence-electron chi connectivity index (χ1n) is 16.5. The number of carbonyl (C=O) groups excluding carboxylic acids is 2. The second kappa shape index (κ2) is 14.3. The molecule has 254 valence electrons. The Bertz CT molecular complexity index is 1730. The van der Waals surface area contributed by atoms with Crippen LogP contribution in [0.4, 0.5) is 0 Å². The van der Waals surface area contributed by atoms with E-state index in [4.69, 9.17) is 28.1 Å². The van der Waals surface area contributed by atoms with Crippen LogP contribution in [-0.4, -0.2) is 53.3 Å². The Kier molecular flexibility index (Phi) is 9.94. The van der Waals surface area contributed by atoms with Crippen molar-refractivity contribution in [3.63, 3.8) is 0 Å². The second-order valence-corrected chi connectivity index (χ2v) is 17.6. The van der Waals surface area contributed by atoms with Gasteiger partial charge in [0.15, 0.2) is 12.2 Å². The lowest BCUT2D eigenvalue weighted by Crippen LogP contribution is -2.68. The van der Waals surface area contributed by atoms with E-state index in [1.165, 1.54) is 0 Å². The molecule has 0 bridgehead atoms. The van der Waals surface area contributed by atoms with Crippen LogP contribution in [0.2, 0.25) is 5.04 Å². The number of carbonyl (C=O) groups is 2. The van der Waals surface area contributed by atoms with Gasteiger partial charge in [-0.3, -0.25) is 0 Å². The molecule has 49 heavy (non-hydrogen) atoms. The standard InChI is InChI=1S/C40H42O8Si/c1-40(2,3)49(32-12-8-6-9-13-32,33-14-10-7-11-15-33)48-37-36(26-45-39(37)42)47-38(41)35-25-29(27-16-20-30(43-4)21-17-27)24-34(46-35)28-18-22-31(44-5)23-19-28/h6-23,25,29,34,36-37H,24,26H2,1-5H3/t29-,34-,36-,37-/m1/s1. The maximum absolute atomic E-state index is 14.0. The number of allylic oxidation sites excluding steroid dienone is 1. The van der Waals surface area contributed by atoms with E-state index in [1.54, 1.807) is 20.3 Å². The molecule has 2 aliphatic rings. The lowest BCUT2D eigenvalue weighted by atomic mass is 9.88. The third-order valence-corrected chi connectivity index (χ3v) is 14.3. The summed E-state index contributed by atoms with van der Waals surface area (Å²) in [5.74, 6) is 0.132. The van der Waals surface area contributed by atoms with Crippen LogP contribution in [0.15, 0.2) is 121 Å². The Morgan fingerprint density at radius 2 is 1.29 bits per heavy atom. The smallest absolute Gasteiger partial charge is 0.373 e. The van der Waals surface area contributed by atoms with Crippen molar-refractivity contribution in [1.29, 1.82) is 0 Å². The normalized spacial score (nSPS) is 20.8. The number of cyclic esters (lactones) is 1. The highest BCUT2D eigenvalue weighted by Gasteiger charge is 2.55. The molecule has 4 aromatic rings. The van der Waals surface area contributed by atoms with E-state index in [9.17, 15) is 9.59 Å². The third-order valence-electron chi connectivity index (χ3n) is 9.26. The number of hydrogen-bond acceptors (Lipinski definition) is 8. The Labute approximate surface area is 288 Å². The molecule has 0 radical (unpaired) electrons. The van der Waals surface area contributed by atoms with Crippen LogP contribution >= 0.6 is 0 Å². The highest BCUT2D eigenvalue weighted by atomic mass is 28.4. The summed E-state index contributed by atoms with van der Waals surface area (Å²) in [5, 5.41) is 1.60. The molecule has 0 saturated carbocycles. The first-order chi connectivity index (χ1) is 23.6. The van der Waals surface area contributed by atoms with Gasteiger partial charge in [0.1, 0.15) is 24.2 Å². The molecule has 9 heteroatoms. The summed E-state index contributed by atoms with van der Waals surface area (Å²) >= 11 is 0. The summed E-state index contributed by atoms with van der Waals surface area (Å²) in [4.78, 5) is 27.4. The summed E-state index contributed by atoms with van der Waals surface area (Å²) in [6.07, 6.45) is -0.155. The Morgan fingerprint density at radius 3 is 1.80 bits per heavy atom. The van der Waals surface area contributed by atoms with Gasteiger partial charge in [-0.15, -0.1) is 0 Å². The first kappa shape index (κ1) is 34.0. The van der Waals surface area contributed by atoms with Crippen LogP contribution in [0.5, 0.6) is 11.5 Å². The minimum Gasteiger partial charge on any atom is -0.497 e. The van der Waals surface area contributed by atoms with Gasteiger partial charge in [-0.1, -0.05) is 106 Å². The van der Waals surface area contributed by atoms with Crippen molar-refractivity contribution in [1.82, 2.24) is 0 Å². The number of rotatable bonds is 10. The quantitative estimate of drug-likeness (QED) is 0.144. The van der Waals surface area contributed by atoms with Crippen LogP contribution < -0.4 is 19.8 Å². The number of esters is 2. The largest absolute Gasteiger partial charge is 0.497 e. The molecule has 0 aliphatic carbocycles. The minimum absolute atomic E-state index is 0.0661. The van der Waals surface area contributed by atoms with Crippen LogP contribution in [0, 0.1) is 0 Å². The molecule has 0 amide bonds. The molecule has 1 saturated heterocycles. The van der Waals surface area contributed by atoms with Gasteiger partial charge in [0, 0.05) is 5.92 Å². The van der Waals surface area contributed by atoms with Crippen LogP contribution in [0.25, 0.3) is 0 Å². The van der Waals surface area contributed by atoms with Crippen molar-refractivity contribution >= 4 is 30.6 Å². The molecule has 0 N–H and O–H groups in total. The van der Waals surface area contributed by atoms with E-state index in [0.717, 1.165) is 33.0 Å². The van der Waals surface area contributed by atoms with Crippen LogP contribution in [0.1, 0.15) is 50.3 Å². The molecule has 0 spiro atoms. The molecular formula is C40H42O8Si. The van der Waals surface area contributed by atoms with Crippen molar-refractivity contribution in [3.8, 4) is 11.5 Å². The molecule has 0 unspecified atom stereocenters. The third kappa shape index (κ3) is 7.00. The van der Waals surface area contributed by atoms with Crippen molar-refractivity contribution in [3.05, 3.63) is 132 Å². The first-order valence-corrected chi connectivity index (χ1v) is 18.4. The zero-order chi connectivity index (χ0) is 34.6. The molecule has 6 rings (SSSR count). The highest BCUT2D eigenvalue weighted by Crippen LogP contribution is 2.41. The fourth-order valence-corrected chi connectivity index (χ4v) is 11.4. The fourth-order valence-electron chi connectivity index (χ4n) is 6.73. The van der Waals surface area contributed by atoms with Gasteiger partial charge in [0.05, 0.1) is 14.2 Å². The molecule has 0 aromatic heterocycles. The molecule has 2 heterocycles. The number of methoxy groups -OCH3 is 2. The molecule has 1 fully saturated rings. The van der Waals surface area contributed by atoms with E-state index >= 15 is 0 Å². The average Bonchev–Trinajstić information content (AvgIpc) is 3.47. The molecular weight excluding hydrogens is 637 g/mol. The van der Waals surface area contributed by atoms with Crippen molar-refractivity contribution in [2.45, 2.75) is 56.5 Å². The Morgan fingerprint density at radius 1 is 0.755 bits per heavy atom. The molecule has 4 atom stereocenters. The predicted octanol–water partition coefficient (Wildman–Crippen LogP) is 6.25. The summed E-state index contributed by atoms with van der Waals surface area (Å²) < 4.78 is 35.7. The van der Waals surface area contributed by atoms with Crippen molar-refractivity contribution < 1.29 is 37.7 Å². The lowest BCUT2D eigenvalue weighted by Gasteiger charge is -2.44. The van der Waals surface area contributed by atoms with E-state index in [-0.39, 0.29) is 18.3 Å². The summed E-state index contributed by atoms with van der Waals surface area (Å²) in [7, 11) is 0.0673. The van der Waals surface area contributed by atoms with E-state index in [1.807, 2.05) is 109 Å². The van der Waals surface area contributed by atoms with Crippen molar-refractivity contribution in [2.24, 2.45) is 0 Å². The average molecular weight is 679 g/mol. The minimum atomic E-state index is -3.17. The van der Waals surface area contributed by atoms with Gasteiger partial charge in [0.2, 0.25) is 5.76 Å². The topological polar surface area (TPSA) is 89.5 Å². The van der Waals surface area contributed by atoms with Crippen molar-refractivity contribution in [2.75, 3.05) is 20.8 Å². The summed E-state index contributed by atoms with van der Waals surface area (Å²) in [6.45, 7) is 6.25. The van der Waals surface area contributed by atoms with Gasteiger partial charge in [-0.05, 0) is 63.3 Å². The van der Waals surface area contributed by atoms with Gasteiger partial charge in [-0.2, -0.15) is 0 Å². The van der Waals surface area contributed by atoms with E-state index in [0.29, 0.717) is 6.42 Å². The van der Waals surface area contributed by atoms with Gasteiger partial charge >= 0.3 is 11.9 Å². The van der Waals surface area contributed by atoms with Gasteiger partial charge in [-0.25, -0.2) is 9.59 Å². The SMILES string of the molecule is COc1ccc([C@H]2C=C(C(=O)O[C@@H]3COC(=O)[C@@H]3O[Si](c3ccccc3)(c3ccccc3)C(C)(C)C)O[C@@H](c3ccc(OC)cc3)C2)cc1. The Balaban J connectivity index is 1.32. The maximum atomic E-state index is 14.0. The second-order valence-electron chi connectivity index (χ2n) is 13.3. The number of hydrogen-bond donors (Lipinski definition) is 0. The van der Waals surface area contributed by atoms with Gasteiger partial charge < -0.3 is 28.1 Å². The zero-order valence-corrected chi connectivity index (χ0v) is 29.5. The summed E-state index contributed by atoms with van der Waals surface area (Å²) in [5.41, 5.74) is 1.89. The monoisotopic (exact) mass is 678 g/mol. The highest BCUT2D eigenvalue weighted by molar-refractivity contribution is 6.99. The molecule has 4 aromatic carbocycles. The predicted molar refractivity (Wildman–Crippen MR) is 189 cm³/mol. The molecule has 2 aliphatic heterocycles. The zero-order valence-electron chi connectivity index (χ0n) is 28.5. The summed E-state index contributed by atoms with van der Waals surface area (Å²) in [6, 6.07) is 35.4. The number of benzene rings is 4. The lowest BCUT2D eigenvalue weighted by molar-refractivity contribution is -0.154. The molecule has 8 nitrogen and oxygen atoms in total. The fraction of sp³-hybridized carbons (Fsp3) is 0.300. The van der Waals surface area contributed by atoms with Crippen LogP contribution in [0.3, 0.4) is 0 Å². The van der Waals surface area contributed by atoms with Gasteiger partial charge in [0.25, 0.3) is 8.32 Å². The number of ether oxygens (including phenoxy) is 5. The van der Waals surface area contributed by atoms with Crippen LogP contribution in [-0.2, 0) is 28.2 Å². The Hall–Kier alpha value is -4.86. The van der Waals surface area contributed by atoms with E-state index in [2.05, 4.69) is 20.8 Å². The van der Waals surface area contributed by atoms with E-state index < -0.39 is 43.6 Å².